The summed E-state index contributed by atoms with van der Waals surface area (Å²) < 4.78 is 1.62. The molecule has 1 aliphatic heterocycles. The van der Waals surface area contributed by atoms with Crippen LogP contribution in [0.5, 0.6) is 0 Å². The summed E-state index contributed by atoms with van der Waals surface area (Å²) in [5.74, 6) is -0.000466. The molecule has 0 bridgehead atoms. The smallest absolute Gasteiger partial charge is 0.280 e. The van der Waals surface area contributed by atoms with Crippen molar-refractivity contribution in [3.05, 3.63) is 16.7 Å². The normalized spacial score (nSPS) is 22.8. The molecule has 1 fully saturated rings. The first-order valence-electron chi connectivity index (χ1n) is 6.37. The zero-order chi connectivity index (χ0) is 14.3. The highest BCUT2D eigenvalue weighted by atomic mass is 16.3. The molecule has 3 heterocycles. The number of aromatic nitrogens is 4. The maximum Gasteiger partial charge on any atom is 0.280 e. The summed E-state index contributed by atoms with van der Waals surface area (Å²) in [4.78, 5) is 22.3. The average molecular weight is 280 g/mol. The molecule has 0 unspecified atom stereocenters. The number of hydrogen-bond donors (Lipinski definition) is 4. The topological polar surface area (TPSA) is 133 Å². The van der Waals surface area contributed by atoms with E-state index in [-0.39, 0.29) is 36.6 Å². The van der Waals surface area contributed by atoms with Gasteiger partial charge in [0.2, 0.25) is 5.95 Å². The van der Waals surface area contributed by atoms with E-state index in [9.17, 15) is 15.0 Å². The van der Waals surface area contributed by atoms with Gasteiger partial charge in [-0.15, -0.1) is 0 Å². The van der Waals surface area contributed by atoms with Gasteiger partial charge in [-0.25, -0.2) is 9.66 Å². The zero-order valence-electron chi connectivity index (χ0n) is 10.7. The lowest BCUT2D eigenvalue weighted by Crippen LogP contribution is -2.44. The number of anilines is 1. The fraction of sp³-hybridized carbons (Fsp3) is 0.545. The van der Waals surface area contributed by atoms with Gasteiger partial charge >= 0.3 is 0 Å². The van der Waals surface area contributed by atoms with Crippen LogP contribution in [0.3, 0.4) is 0 Å². The first-order valence-corrected chi connectivity index (χ1v) is 6.37. The molecule has 3 rings (SSSR count). The van der Waals surface area contributed by atoms with Crippen LogP contribution in [0.25, 0.3) is 11.2 Å². The average Bonchev–Trinajstić information content (AvgIpc) is 3.00. The lowest BCUT2D eigenvalue weighted by atomic mass is 10.0. The van der Waals surface area contributed by atoms with Crippen LogP contribution in [-0.2, 0) is 0 Å². The Morgan fingerprint density at radius 3 is 2.95 bits per heavy atom. The Balaban J connectivity index is 2.09. The number of aliphatic hydroxyl groups excluding tert-OH is 2. The number of nitrogen functional groups attached to an aromatic ring is 1. The van der Waals surface area contributed by atoms with E-state index >= 15 is 0 Å². The van der Waals surface area contributed by atoms with Crippen LogP contribution in [0, 0.1) is 5.92 Å². The predicted octanol–water partition coefficient (Wildman–Crippen LogP) is -1.99. The number of aliphatic hydroxyl groups is 2. The van der Waals surface area contributed by atoms with Gasteiger partial charge in [-0.2, -0.15) is 4.98 Å². The number of H-pyrrole nitrogens is 1. The molecule has 0 spiro atoms. The Labute approximate surface area is 113 Å². The van der Waals surface area contributed by atoms with Crippen LogP contribution in [-0.4, -0.2) is 55.6 Å². The van der Waals surface area contributed by atoms with Crippen molar-refractivity contribution < 1.29 is 10.2 Å². The minimum atomic E-state index is -0.398. The van der Waals surface area contributed by atoms with Crippen LogP contribution in [0.4, 0.5) is 5.95 Å². The van der Waals surface area contributed by atoms with E-state index in [1.165, 1.54) is 6.33 Å². The fourth-order valence-corrected chi connectivity index (χ4v) is 2.73. The van der Waals surface area contributed by atoms with Crippen LogP contribution < -0.4 is 16.3 Å². The van der Waals surface area contributed by atoms with Crippen molar-refractivity contribution in [2.45, 2.75) is 12.5 Å². The molecule has 0 aromatic carbocycles. The van der Waals surface area contributed by atoms with Crippen LogP contribution in [0.2, 0.25) is 0 Å². The molecule has 2 atom stereocenters. The molecule has 2 aromatic heterocycles. The molecule has 0 radical (unpaired) electrons. The van der Waals surface area contributed by atoms with E-state index in [1.54, 1.807) is 4.68 Å². The van der Waals surface area contributed by atoms with Crippen molar-refractivity contribution >= 4 is 17.1 Å². The summed E-state index contributed by atoms with van der Waals surface area (Å²) in [7, 11) is 0. The summed E-state index contributed by atoms with van der Waals surface area (Å²) >= 11 is 0. The second kappa shape index (κ2) is 4.76. The van der Waals surface area contributed by atoms with Gasteiger partial charge in [0.05, 0.1) is 12.6 Å². The number of nitrogens with two attached hydrogens (primary N) is 1. The standard InChI is InChI=1S/C11H16N6O3/c12-11-14-9-8(10(20)15-11)13-5-17(9)16-2-1-6(3-18)7(16)4-19/h5-7,18-19H,1-4H2,(H3,12,14,15,20)/t6-,7-/m1/s1. The highest BCUT2D eigenvalue weighted by Gasteiger charge is 2.34. The Hall–Kier alpha value is -2.13. The summed E-state index contributed by atoms with van der Waals surface area (Å²) in [6.45, 7) is 0.546. The van der Waals surface area contributed by atoms with Gasteiger partial charge in [0, 0.05) is 19.1 Å². The number of hydrogen-bond acceptors (Lipinski definition) is 7. The molecule has 2 aromatic rings. The van der Waals surface area contributed by atoms with E-state index in [0.717, 1.165) is 6.42 Å². The molecule has 1 aliphatic rings. The number of rotatable bonds is 3. The Kier molecular flexibility index (Phi) is 3.07. The third-order valence-corrected chi connectivity index (χ3v) is 3.76. The molecular formula is C11H16N6O3. The maximum atomic E-state index is 11.7. The summed E-state index contributed by atoms with van der Waals surface area (Å²) in [6, 6.07) is -0.236. The number of nitrogens with one attached hydrogen (secondary N) is 1. The molecule has 108 valence electrons. The number of aromatic amines is 1. The van der Waals surface area contributed by atoms with Crippen molar-refractivity contribution in [1.82, 2.24) is 19.6 Å². The van der Waals surface area contributed by atoms with Gasteiger partial charge in [0.15, 0.2) is 11.2 Å². The maximum absolute atomic E-state index is 11.7. The SMILES string of the molecule is Nc1nc2c(ncn2N2CC[C@H](CO)[C@H]2CO)c(=O)[nH]1. The number of fused-ring (bicyclic) bond motifs is 1. The monoisotopic (exact) mass is 280 g/mol. The summed E-state index contributed by atoms with van der Waals surface area (Å²) in [5.41, 5.74) is 5.71. The number of nitrogens with zero attached hydrogens (tertiary/aromatic N) is 4. The van der Waals surface area contributed by atoms with Gasteiger partial charge in [-0.3, -0.25) is 9.78 Å². The van der Waals surface area contributed by atoms with Crippen molar-refractivity contribution in [2.24, 2.45) is 5.92 Å². The van der Waals surface area contributed by atoms with Gasteiger partial charge in [-0.1, -0.05) is 0 Å². The first kappa shape index (κ1) is 12.9. The quantitative estimate of drug-likeness (QED) is 0.511. The molecule has 0 aliphatic carbocycles. The molecule has 0 saturated carbocycles. The minimum Gasteiger partial charge on any atom is -0.396 e. The third-order valence-electron chi connectivity index (χ3n) is 3.76. The fourth-order valence-electron chi connectivity index (χ4n) is 2.73. The van der Waals surface area contributed by atoms with E-state index in [1.807, 2.05) is 5.01 Å². The van der Waals surface area contributed by atoms with Crippen molar-refractivity contribution in [1.29, 1.82) is 0 Å². The highest BCUT2D eigenvalue weighted by molar-refractivity contribution is 5.71. The van der Waals surface area contributed by atoms with Gasteiger partial charge < -0.3 is 21.0 Å². The molecule has 0 amide bonds. The van der Waals surface area contributed by atoms with Crippen molar-refractivity contribution in [3.8, 4) is 0 Å². The Morgan fingerprint density at radius 2 is 2.25 bits per heavy atom. The molecule has 9 nitrogen and oxygen atoms in total. The largest absolute Gasteiger partial charge is 0.396 e. The molecule has 5 N–H and O–H groups in total. The summed E-state index contributed by atoms with van der Waals surface area (Å²) in [5, 5.41) is 20.7. The van der Waals surface area contributed by atoms with Gasteiger partial charge in [0.25, 0.3) is 5.56 Å². The Bertz CT molecular complexity index is 680. The molecular weight excluding hydrogens is 264 g/mol. The van der Waals surface area contributed by atoms with E-state index < -0.39 is 5.56 Å². The van der Waals surface area contributed by atoms with Crippen LogP contribution in [0.15, 0.2) is 11.1 Å². The zero-order valence-corrected chi connectivity index (χ0v) is 10.7. The van der Waals surface area contributed by atoms with Crippen LogP contribution in [0.1, 0.15) is 6.42 Å². The van der Waals surface area contributed by atoms with Crippen molar-refractivity contribution in [3.63, 3.8) is 0 Å². The Morgan fingerprint density at radius 1 is 1.45 bits per heavy atom. The van der Waals surface area contributed by atoms with E-state index in [4.69, 9.17) is 5.73 Å². The van der Waals surface area contributed by atoms with E-state index in [2.05, 4.69) is 15.0 Å². The lowest BCUT2D eigenvalue weighted by Gasteiger charge is -2.28. The first-order chi connectivity index (χ1) is 9.65. The van der Waals surface area contributed by atoms with Crippen molar-refractivity contribution in [2.75, 3.05) is 30.5 Å². The van der Waals surface area contributed by atoms with Gasteiger partial charge in [-0.05, 0) is 6.42 Å². The molecule has 9 heteroatoms. The second-order valence-corrected chi connectivity index (χ2v) is 4.86. The minimum absolute atomic E-state index is 0.00447. The third kappa shape index (κ3) is 1.82. The van der Waals surface area contributed by atoms with E-state index in [0.29, 0.717) is 12.2 Å². The summed E-state index contributed by atoms with van der Waals surface area (Å²) in [6.07, 6.45) is 2.23. The second-order valence-electron chi connectivity index (χ2n) is 4.86. The van der Waals surface area contributed by atoms with Crippen LogP contribution >= 0.6 is 0 Å². The highest BCUT2D eigenvalue weighted by Crippen LogP contribution is 2.23. The molecule has 1 saturated heterocycles. The lowest BCUT2D eigenvalue weighted by molar-refractivity contribution is 0.170. The molecule has 20 heavy (non-hydrogen) atoms. The van der Waals surface area contributed by atoms with Gasteiger partial charge in [0.1, 0.15) is 6.33 Å². The predicted molar refractivity (Wildman–Crippen MR) is 71.7 cm³/mol. The number of imidazole rings is 1.